The zero-order valence-corrected chi connectivity index (χ0v) is 32.7. The van der Waals surface area contributed by atoms with Crippen molar-refractivity contribution in [2.75, 3.05) is 38.5 Å². The number of rotatable bonds is 9. The number of carboxylic acid groups (broad SMARTS) is 1. The van der Waals surface area contributed by atoms with Crippen LogP contribution in [-0.2, 0) is 25.5 Å². The van der Waals surface area contributed by atoms with Crippen LogP contribution in [0.3, 0.4) is 0 Å². The fourth-order valence-electron chi connectivity index (χ4n) is 6.36. The number of H-pyrrole nitrogens is 1. The van der Waals surface area contributed by atoms with Crippen molar-refractivity contribution in [2.24, 2.45) is 0 Å². The Labute approximate surface area is 341 Å². The second-order valence-corrected chi connectivity index (χ2v) is 15.7. The third-order valence-corrected chi connectivity index (χ3v) is 11.7. The number of hydrogen-bond acceptors (Lipinski definition) is 12. The lowest BCUT2D eigenvalue weighted by atomic mass is 10.0. The van der Waals surface area contributed by atoms with Crippen molar-refractivity contribution in [3.63, 3.8) is 0 Å². The molecule has 2 fully saturated rings. The minimum absolute atomic E-state index is 0.0155. The lowest BCUT2D eigenvalue weighted by Gasteiger charge is -2.48. The van der Waals surface area contributed by atoms with Gasteiger partial charge >= 0.3 is 18.2 Å². The molecular weight excluding hydrogens is 821 g/mol. The van der Waals surface area contributed by atoms with Crippen LogP contribution in [0.2, 0.25) is 10.0 Å². The van der Waals surface area contributed by atoms with Crippen molar-refractivity contribution in [2.45, 2.75) is 23.9 Å². The highest BCUT2D eigenvalue weighted by molar-refractivity contribution is 8.00. The molecular formula is C37H31Cl2N7O9S2. The molecule has 3 aliphatic heterocycles. The molecule has 2 aromatic heterocycles. The Hall–Kier alpha value is -5.58. The molecule has 3 atom stereocenters. The average Bonchev–Trinajstić information content (AvgIpc) is 3.71. The molecule has 2 saturated heterocycles. The number of piperazine rings is 1. The highest BCUT2D eigenvalue weighted by atomic mass is 35.5. The van der Waals surface area contributed by atoms with Crippen LogP contribution in [0.4, 0.5) is 9.59 Å². The summed E-state index contributed by atoms with van der Waals surface area (Å²) >= 11 is 15.0. The lowest BCUT2D eigenvalue weighted by molar-refractivity contribution is -0.150. The van der Waals surface area contributed by atoms with Crippen molar-refractivity contribution < 1.29 is 38.6 Å². The summed E-state index contributed by atoms with van der Waals surface area (Å²) in [5.41, 5.74) is 0.0913. The fraction of sp³-hybridized carbons (Fsp3) is 0.270. The molecule has 0 bridgehead atoms. The molecule has 20 heteroatoms. The van der Waals surface area contributed by atoms with Crippen LogP contribution in [-0.4, -0.2) is 111 Å². The number of carbonyl (C=O) groups is 5. The van der Waals surface area contributed by atoms with Crippen LogP contribution in [0.1, 0.15) is 4.88 Å². The van der Waals surface area contributed by atoms with Gasteiger partial charge in [-0.05, 0) is 47.8 Å². The second kappa shape index (κ2) is 17.3. The number of carbonyl (C=O) groups excluding carboxylic acids is 4. The summed E-state index contributed by atoms with van der Waals surface area (Å²) in [4.78, 5) is 87.2. The average molecular weight is 853 g/mol. The molecule has 7 rings (SSSR count). The minimum Gasteiger partial charge on any atom is -0.477 e. The number of nitrogens with one attached hydrogen (secondary N) is 4. The van der Waals surface area contributed by atoms with E-state index in [1.165, 1.54) is 52.3 Å². The number of aromatic nitrogens is 2. The predicted molar refractivity (Wildman–Crippen MR) is 212 cm³/mol. The Bertz CT molecular complexity index is 2430. The van der Waals surface area contributed by atoms with Gasteiger partial charge in [-0.15, -0.1) is 23.1 Å². The number of thioether (sulfide) groups is 1. The zero-order valence-electron chi connectivity index (χ0n) is 29.5. The maximum absolute atomic E-state index is 13.5. The summed E-state index contributed by atoms with van der Waals surface area (Å²) in [5, 5.41) is 20.6. The van der Waals surface area contributed by atoms with Gasteiger partial charge < -0.3 is 40.4 Å². The lowest BCUT2D eigenvalue weighted by Crippen LogP contribution is -2.70. The number of hydrogen-bond donors (Lipinski definition) is 5. The van der Waals surface area contributed by atoms with Crippen LogP contribution in [0.25, 0.3) is 22.3 Å². The highest BCUT2D eigenvalue weighted by Crippen LogP contribution is 2.40. The number of halogens is 2. The number of alkyl carbamates (subject to hydrolysis) is 1. The molecule has 5 N–H and O–H groups in total. The number of thiophene rings is 1. The summed E-state index contributed by atoms with van der Waals surface area (Å²) in [6.45, 7) is 0.629. The van der Waals surface area contributed by atoms with Gasteiger partial charge in [-0.25, -0.2) is 19.4 Å². The number of nitrogens with zero attached hydrogens (tertiary/aromatic N) is 3. The smallest absolute Gasteiger partial charge is 0.415 e. The molecule has 2 aromatic carbocycles. The van der Waals surface area contributed by atoms with Crippen LogP contribution in [0.15, 0.2) is 70.0 Å². The molecule has 57 heavy (non-hydrogen) atoms. The van der Waals surface area contributed by atoms with E-state index in [2.05, 4.69) is 37.8 Å². The molecule has 0 saturated carbocycles. The van der Waals surface area contributed by atoms with E-state index in [1.807, 2.05) is 17.5 Å². The van der Waals surface area contributed by atoms with Gasteiger partial charge in [0.2, 0.25) is 5.91 Å². The number of carboxylic acids is 1. The van der Waals surface area contributed by atoms with Crippen molar-refractivity contribution >= 4 is 87.2 Å². The molecule has 4 amide bonds. The number of benzene rings is 2. The zero-order chi connectivity index (χ0) is 40.2. The fourth-order valence-corrected chi connectivity index (χ4v) is 8.69. The van der Waals surface area contributed by atoms with Crippen LogP contribution >= 0.6 is 46.3 Å². The largest absolute Gasteiger partial charge is 0.477 e. The maximum Gasteiger partial charge on any atom is 0.415 e. The van der Waals surface area contributed by atoms with Gasteiger partial charge in [0, 0.05) is 52.4 Å². The molecule has 3 unspecified atom stereocenters. The third kappa shape index (κ3) is 8.87. The Kier molecular flexibility index (Phi) is 12.0. The number of aromatic amines is 1. The number of β-lactam (4-membered cyclic amide) rings is 1. The van der Waals surface area contributed by atoms with Gasteiger partial charge in [-0.1, -0.05) is 41.1 Å². The van der Waals surface area contributed by atoms with Gasteiger partial charge in [0.05, 0.1) is 28.9 Å². The van der Waals surface area contributed by atoms with E-state index in [4.69, 9.17) is 32.7 Å². The number of fused-ring (bicyclic) bond motifs is 2. The van der Waals surface area contributed by atoms with E-state index in [-0.39, 0.29) is 65.0 Å². The van der Waals surface area contributed by atoms with E-state index in [1.54, 1.807) is 12.1 Å². The van der Waals surface area contributed by atoms with Gasteiger partial charge in [0.15, 0.2) is 6.61 Å². The van der Waals surface area contributed by atoms with Crippen molar-refractivity contribution in [1.82, 2.24) is 35.7 Å². The van der Waals surface area contributed by atoms with Gasteiger partial charge in [0.25, 0.3) is 11.5 Å². The summed E-state index contributed by atoms with van der Waals surface area (Å²) in [6, 6.07) is 11.5. The Morgan fingerprint density at radius 1 is 1.09 bits per heavy atom. The second-order valence-electron chi connectivity index (χ2n) is 12.7. The van der Waals surface area contributed by atoms with E-state index < -0.39 is 53.7 Å². The summed E-state index contributed by atoms with van der Waals surface area (Å²) in [5.74, 6) is 3.49. The predicted octanol–water partition coefficient (Wildman–Crippen LogP) is 3.44. The maximum atomic E-state index is 13.5. The number of ether oxygens (including phenoxy) is 2. The molecule has 0 radical (unpaired) electrons. The first-order valence-corrected chi connectivity index (χ1v) is 20.0. The molecule has 0 aliphatic carbocycles. The first-order chi connectivity index (χ1) is 27.5. The van der Waals surface area contributed by atoms with Crippen molar-refractivity contribution in [3.05, 3.63) is 90.5 Å². The highest BCUT2D eigenvalue weighted by Gasteiger charge is 2.54. The summed E-state index contributed by atoms with van der Waals surface area (Å²) in [7, 11) is 0. The van der Waals surface area contributed by atoms with Gasteiger partial charge in [-0.2, -0.15) is 0 Å². The van der Waals surface area contributed by atoms with E-state index in [0.29, 0.717) is 28.7 Å². The van der Waals surface area contributed by atoms with E-state index in [0.717, 1.165) is 9.78 Å². The van der Waals surface area contributed by atoms with Gasteiger partial charge in [-0.3, -0.25) is 19.3 Å². The van der Waals surface area contributed by atoms with Crippen LogP contribution in [0, 0.1) is 11.8 Å². The monoisotopic (exact) mass is 851 g/mol. The van der Waals surface area contributed by atoms with E-state index >= 15 is 0 Å². The Balaban J connectivity index is 0.938. The molecule has 294 valence electrons. The number of amides is 4. The minimum atomic E-state index is -1.34. The third-order valence-electron chi connectivity index (χ3n) is 9.05. The molecule has 0 spiro atoms. The first-order valence-electron chi connectivity index (χ1n) is 17.3. The normalized spacial score (nSPS) is 18.8. The van der Waals surface area contributed by atoms with Crippen LogP contribution < -0.4 is 26.2 Å². The molecule has 3 aliphatic rings. The van der Waals surface area contributed by atoms with Gasteiger partial charge in [0.1, 0.15) is 28.7 Å². The van der Waals surface area contributed by atoms with E-state index in [9.17, 15) is 33.9 Å². The summed E-state index contributed by atoms with van der Waals surface area (Å²) in [6.07, 6.45) is -1.44. The molecule has 4 aromatic rings. The Morgan fingerprint density at radius 2 is 1.89 bits per heavy atom. The van der Waals surface area contributed by atoms with Crippen molar-refractivity contribution in [1.29, 1.82) is 0 Å². The van der Waals surface area contributed by atoms with Crippen molar-refractivity contribution in [3.8, 4) is 29.0 Å². The standard InChI is InChI=1S/C37H31Cl2N7O9S2/c38-20-5-7-26-24(13-20)32(48)44-31(42-26)25-14-21(39)6-8-27(25)55-37(53)45-10-9-40-16-22(45)17-41-36(52)54-11-1-3-19-18-57-34-29(33(49)46(34)30(19)35(50)51)43-28(47)15-23-4-2-12-56-23/h2,4-8,12-14,22,29,34,40H,9-11,15-18H2,(H,41,52)(H,43,47)(H,50,51)(H,42,44,48). The topological polar surface area (TPSA) is 212 Å². The Morgan fingerprint density at radius 3 is 2.68 bits per heavy atom. The first kappa shape index (κ1) is 39.6. The molecule has 16 nitrogen and oxygen atoms in total. The molecule has 5 heterocycles. The number of aliphatic carboxylic acids is 1. The SMILES string of the molecule is O=C(Cc1cccs1)NC1C(=O)N2C(C(=O)O)=C(C#CCOC(=O)NCC3CNCCN3C(=O)Oc3ccc(Cl)cc3-c3nc4ccc(Cl)cc4c(=O)[nH]3)CSC12. The summed E-state index contributed by atoms with van der Waals surface area (Å²) < 4.78 is 11.0. The quantitative estimate of drug-likeness (QED) is 0.121. The van der Waals surface area contributed by atoms with Crippen LogP contribution in [0.5, 0.6) is 5.75 Å².